The molecule has 0 aromatic carbocycles. The largest absolute Gasteiger partial charge is 0.459 e. The molecule has 0 saturated carbocycles. The number of hydrogen-bond acceptors (Lipinski definition) is 19. The maximum absolute atomic E-state index is 14.6. The topological polar surface area (TPSA) is 216 Å². The van der Waals surface area contributed by atoms with Crippen molar-refractivity contribution < 1.29 is 91.2 Å². The van der Waals surface area contributed by atoms with Crippen LogP contribution in [-0.4, -0.2) is 198 Å². The average Bonchev–Trinajstić information content (AvgIpc) is 4.46. The van der Waals surface area contributed by atoms with Crippen molar-refractivity contribution in [1.29, 1.82) is 0 Å². The number of aliphatic hydroxyl groups is 3. The van der Waals surface area contributed by atoms with E-state index in [0.717, 1.165) is 49.7 Å². The third kappa shape index (κ3) is 9.43. The number of rotatable bonds is 4. The zero-order valence-electron chi connectivity index (χ0n) is 46.5. The quantitative estimate of drug-likeness (QED) is 0.251. The van der Waals surface area contributed by atoms with E-state index >= 15 is 0 Å². The van der Waals surface area contributed by atoms with Crippen LogP contribution >= 0.6 is 0 Å². The molecular weight excluding hydrogens is 1020 g/mol. The zero-order chi connectivity index (χ0) is 54.0. The molecule has 3 spiro atoms. The van der Waals surface area contributed by atoms with Gasteiger partial charge in [0.2, 0.25) is 0 Å². The Morgan fingerprint density at radius 3 is 2.03 bits per heavy atom. The van der Waals surface area contributed by atoms with Gasteiger partial charge in [-0.2, -0.15) is 0 Å². The second kappa shape index (κ2) is 20.2. The van der Waals surface area contributed by atoms with E-state index in [9.17, 15) is 20.1 Å². The highest BCUT2D eigenvalue weighted by atomic mass is 16.8. The van der Waals surface area contributed by atoms with Gasteiger partial charge in [0.05, 0.1) is 129 Å². The SMILES string of the molecule is C=C1C[C@@H]2CC[C@@]34C[C@@H]5O[C@@H]6C(O[C@H]7CC[C@H](CC(=O)O[C@@H]8[C@@H](C)[C@@H]9O[C@@H]%10C[C@]%11(C[C@@H]%12O[C@]%13(C[C@H](C)[C@@H]%14O[C@H]([C@@H](O)C[C@@H](O)CO)C[C@@H]%14O%13)C[C@H](C)[C@@H]%12O%11)O[C@@H]%10C[C@@H]9O[C@H]8C[C@H]8O[C@@H](CC[C@@H]1O2)C[C@@H](C)C8=C)O[C@@H]7[C@@H]6O3)[C@@H]5O4. The Kier molecular flexibility index (Phi) is 13.8. The predicted octanol–water partition coefficient (Wildman–Crippen LogP) is 4.93. The molecule has 16 aliphatic heterocycles. The van der Waals surface area contributed by atoms with Crippen LogP contribution in [-0.2, 0) is 75.8 Å². The van der Waals surface area contributed by atoms with E-state index in [-0.39, 0.29) is 146 Å². The van der Waals surface area contributed by atoms with Crippen LogP contribution < -0.4 is 0 Å². The minimum Gasteiger partial charge on any atom is -0.459 e. The highest BCUT2D eigenvalue weighted by Crippen LogP contribution is 2.58. The summed E-state index contributed by atoms with van der Waals surface area (Å²) >= 11 is 0. The van der Waals surface area contributed by atoms with Crippen molar-refractivity contribution in [2.75, 3.05) is 6.61 Å². The number of ether oxygens (including phenoxy) is 15. The number of fused-ring (bicyclic) bond motifs is 10. The zero-order valence-corrected chi connectivity index (χ0v) is 46.5. The molecular formula is C60H86O19. The first-order valence-electron chi connectivity index (χ1n) is 30.8. The van der Waals surface area contributed by atoms with Crippen LogP contribution in [0.5, 0.6) is 0 Å². The Labute approximate surface area is 463 Å². The van der Waals surface area contributed by atoms with Crippen LogP contribution in [0.15, 0.2) is 24.3 Å². The van der Waals surface area contributed by atoms with Crippen LogP contribution in [0.25, 0.3) is 0 Å². The Hall–Kier alpha value is -1.73. The highest BCUT2D eigenvalue weighted by molar-refractivity contribution is 5.70. The van der Waals surface area contributed by atoms with Crippen molar-refractivity contribution in [2.24, 2.45) is 23.7 Å². The van der Waals surface area contributed by atoms with E-state index in [1.807, 2.05) is 0 Å². The van der Waals surface area contributed by atoms with E-state index in [1.54, 1.807) is 0 Å². The maximum atomic E-state index is 14.6. The molecule has 1 unspecified atom stereocenters. The summed E-state index contributed by atoms with van der Waals surface area (Å²) in [5.74, 6) is -2.77. The number of carbonyl (C=O) groups excluding carboxylic acids is 1. The smallest absolute Gasteiger partial charge is 0.308 e. The van der Waals surface area contributed by atoms with Gasteiger partial charge in [-0.3, -0.25) is 4.79 Å². The monoisotopic (exact) mass is 1110 g/mol. The summed E-state index contributed by atoms with van der Waals surface area (Å²) in [4.78, 5) is 14.6. The van der Waals surface area contributed by atoms with Crippen molar-refractivity contribution in [2.45, 2.75) is 313 Å². The lowest BCUT2D eigenvalue weighted by Crippen LogP contribution is -2.62. The fraction of sp³-hybridized carbons (Fsp3) is 0.917. The van der Waals surface area contributed by atoms with Gasteiger partial charge in [0.25, 0.3) is 0 Å². The van der Waals surface area contributed by atoms with Crippen LogP contribution in [0, 0.1) is 23.7 Å². The molecule has 3 N–H and O–H groups in total. The Morgan fingerprint density at radius 1 is 0.506 bits per heavy atom. The van der Waals surface area contributed by atoms with E-state index in [2.05, 4.69) is 40.9 Å². The molecule has 0 aromatic heterocycles. The Balaban J connectivity index is 0.655. The first-order valence-corrected chi connectivity index (χ1v) is 30.8. The number of aliphatic hydroxyl groups excluding tert-OH is 3. The van der Waals surface area contributed by atoms with Gasteiger partial charge in [0.1, 0.15) is 36.6 Å². The van der Waals surface area contributed by atoms with Gasteiger partial charge < -0.3 is 86.4 Å². The van der Waals surface area contributed by atoms with Gasteiger partial charge in [-0.1, -0.05) is 40.9 Å². The summed E-state index contributed by atoms with van der Waals surface area (Å²) in [6, 6.07) is 0. The lowest BCUT2D eigenvalue weighted by Gasteiger charge is -2.50. The van der Waals surface area contributed by atoms with Gasteiger partial charge in [-0.25, -0.2) is 0 Å². The fourth-order valence-corrected chi connectivity index (χ4v) is 18.2. The number of esters is 1. The second-order valence-electron chi connectivity index (χ2n) is 27.5. The van der Waals surface area contributed by atoms with Crippen LogP contribution in [0.2, 0.25) is 0 Å². The summed E-state index contributed by atoms with van der Waals surface area (Å²) in [5.41, 5.74) is 2.15. The van der Waals surface area contributed by atoms with E-state index < -0.39 is 72.8 Å². The molecule has 19 heteroatoms. The van der Waals surface area contributed by atoms with Crippen molar-refractivity contribution in [1.82, 2.24) is 0 Å². The van der Waals surface area contributed by atoms with Crippen LogP contribution in [0.1, 0.15) is 143 Å². The van der Waals surface area contributed by atoms with E-state index in [1.165, 1.54) is 0 Å². The Morgan fingerprint density at radius 2 is 1.18 bits per heavy atom. The van der Waals surface area contributed by atoms with Gasteiger partial charge in [0.15, 0.2) is 17.4 Å². The lowest BCUT2D eigenvalue weighted by atomic mass is 9.79. The molecule has 12 bridgehead atoms. The van der Waals surface area contributed by atoms with Gasteiger partial charge in [-0.15, -0.1) is 0 Å². The normalized spacial score (nSPS) is 57.2. The van der Waals surface area contributed by atoms with Gasteiger partial charge >= 0.3 is 5.97 Å². The molecule has 16 heterocycles. The summed E-state index contributed by atoms with van der Waals surface area (Å²) in [7, 11) is 0. The summed E-state index contributed by atoms with van der Waals surface area (Å²) in [6.45, 7) is 17.4. The highest BCUT2D eigenvalue weighted by Gasteiger charge is 2.70. The van der Waals surface area contributed by atoms with Crippen molar-refractivity contribution in [3.63, 3.8) is 0 Å². The Bertz CT molecular complexity index is 2340. The minimum absolute atomic E-state index is 0.0143. The molecule has 79 heavy (non-hydrogen) atoms. The molecule has 16 rings (SSSR count). The second-order valence-corrected chi connectivity index (χ2v) is 27.5. The molecule has 32 atom stereocenters. The van der Waals surface area contributed by atoms with Crippen molar-refractivity contribution >= 4 is 5.97 Å². The number of hydrogen-bond donors (Lipinski definition) is 3. The average molecular weight is 1110 g/mol. The third-order valence-corrected chi connectivity index (χ3v) is 21.9. The van der Waals surface area contributed by atoms with Crippen LogP contribution in [0.3, 0.4) is 0 Å². The minimum atomic E-state index is -1.02. The molecule has 0 amide bonds. The maximum Gasteiger partial charge on any atom is 0.308 e. The van der Waals surface area contributed by atoms with E-state index in [4.69, 9.17) is 71.1 Å². The van der Waals surface area contributed by atoms with Gasteiger partial charge in [0, 0.05) is 70.1 Å². The molecule has 0 radical (unpaired) electrons. The fourth-order valence-electron chi connectivity index (χ4n) is 18.2. The molecule has 0 aliphatic carbocycles. The first-order chi connectivity index (χ1) is 38.0. The summed E-state index contributed by atoms with van der Waals surface area (Å²) < 4.78 is 104. The van der Waals surface area contributed by atoms with Crippen molar-refractivity contribution in [3.05, 3.63) is 24.3 Å². The molecule has 16 aliphatic rings. The molecule has 16 fully saturated rings. The molecule has 440 valence electrons. The molecule has 0 aromatic rings. The summed E-state index contributed by atoms with van der Waals surface area (Å²) in [5, 5.41) is 30.3. The predicted molar refractivity (Wildman–Crippen MR) is 274 cm³/mol. The molecule has 16 saturated heterocycles. The molecule has 19 nitrogen and oxygen atoms in total. The summed E-state index contributed by atoms with van der Waals surface area (Å²) in [6.07, 6.45) is 2.17. The standard InChI is InChI=1S/C60H86O19/c1-26-13-33-7-9-37-27(2)14-35(65-37)11-12-58-23-46-54(78-58)55-56(72-46)57(79-58)53-38(69-55)10-8-34(67-53)16-48(64)73-52-31(6)51-43(68-42(52)17-39(66-33)30(26)5)19-41-45(71-51)22-60(74-41)24-47-50(77-60)29(4)21-59(76-47)20-28(3)49-44(75-59)18-40(70-49)36(63)15-32(62)25-61/h26,28-29,31-47,49-57,61-63H,2,5,7-25H2,1,3-4,6H3/t26-,28+,29+,31+,32-,33+,34-,35+,36+,37+,38+,39-,40+,41-,42+,43+,44+,45-,46+,47+,49+,50+,51+,52-,53+,54-,55?,56-,57+,58+,59-,60+/m1/s1. The number of carbonyl (C=O) groups is 1. The first kappa shape index (κ1) is 54.0. The third-order valence-electron chi connectivity index (χ3n) is 21.9. The lowest BCUT2D eigenvalue weighted by molar-refractivity contribution is -0.347. The van der Waals surface area contributed by atoms with Gasteiger partial charge in [-0.05, 0) is 73.8 Å². The van der Waals surface area contributed by atoms with Crippen molar-refractivity contribution in [3.8, 4) is 0 Å². The van der Waals surface area contributed by atoms with E-state index in [0.29, 0.717) is 64.2 Å². The van der Waals surface area contributed by atoms with Crippen LogP contribution in [0.4, 0.5) is 0 Å².